The van der Waals surface area contributed by atoms with Gasteiger partial charge in [-0.2, -0.15) is 0 Å². The number of allylic oxidation sites excluding steroid dienone is 6. The molecule has 0 spiro atoms. The second kappa shape index (κ2) is 12.5. The number of hydrogen-bond acceptors (Lipinski definition) is 3. The average molecular weight is 769 g/mol. The van der Waals surface area contributed by atoms with Crippen LogP contribution in [0.5, 0.6) is 0 Å². The molecule has 57 heavy (non-hydrogen) atoms. The number of anilines is 3. The smallest absolute Gasteiger partial charge is 0.259 e. The van der Waals surface area contributed by atoms with Gasteiger partial charge in [-0.3, -0.25) is 0 Å². The number of benzene rings is 3. The summed E-state index contributed by atoms with van der Waals surface area (Å²) in [5, 5.41) is 1.44. The molecule has 2 nitrogen and oxygen atoms in total. The van der Waals surface area contributed by atoms with Gasteiger partial charge >= 0.3 is 0 Å². The molecule has 0 N–H and O–H groups in total. The first-order chi connectivity index (χ1) is 26.9. The van der Waals surface area contributed by atoms with Crippen LogP contribution in [0, 0.1) is 11.3 Å². The molecule has 4 aliphatic carbocycles. The highest BCUT2D eigenvalue weighted by molar-refractivity contribution is 7.32. The summed E-state index contributed by atoms with van der Waals surface area (Å²) in [4.78, 5) is 5.64. The van der Waals surface area contributed by atoms with Crippen LogP contribution in [0.25, 0.3) is 10.1 Å². The summed E-state index contributed by atoms with van der Waals surface area (Å²) in [5.41, 5.74) is 16.7. The molecule has 0 amide bonds. The van der Waals surface area contributed by atoms with E-state index in [-0.39, 0.29) is 34.4 Å². The third kappa shape index (κ3) is 5.62. The number of hydrogen-bond donors (Lipinski definition) is 0. The minimum atomic E-state index is 0.0422. The van der Waals surface area contributed by atoms with Gasteiger partial charge in [0, 0.05) is 43.9 Å². The maximum absolute atomic E-state index is 2.87. The first-order valence-electron chi connectivity index (χ1n) is 21.8. The number of rotatable bonds is 2. The van der Waals surface area contributed by atoms with Crippen molar-refractivity contribution in [2.45, 2.75) is 136 Å². The van der Waals surface area contributed by atoms with Crippen LogP contribution in [0.15, 0.2) is 114 Å². The van der Waals surface area contributed by atoms with Gasteiger partial charge in [-0.15, -0.1) is 11.3 Å². The van der Waals surface area contributed by atoms with E-state index in [9.17, 15) is 0 Å². The minimum Gasteiger partial charge on any atom is -0.338 e. The van der Waals surface area contributed by atoms with Crippen molar-refractivity contribution < 1.29 is 0 Å². The van der Waals surface area contributed by atoms with Crippen molar-refractivity contribution in [3.8, 4) is 0 Å². The van der Waals surface area contributed by atoms with Crippen LogP contribution in [0.4, 0.5) is 17.1 Å². The van der Waals surface area contributed by atoms with E-state index in [0.29, 0.717) is 17.9 Å². The van der Waals surface area contributed by atoms with Crippen molar-refractivity contribution in [3.05, 3.63) is 136 Å². The lowest BCUT2D eigenvalue weighted by molar-refractivity contribution is 0.394. The lowest BCUT2D eigenvalue weighted by atomic mass is 9.33. The summed E-state index contributed by atoms with van der Waals surface area (Å²) in [6.45, 7) is 26.5. The van der Waals surface area contributed by atoms with E-state index in [1.54, 1.807) is 15.8 Å². The second-order valence-corrected chi connectivity index (χ2v) is 22.8. The van der Waals surface area contributed by atoms with Gasteiger partial charge in [0.25, 0.3) is 6.71 Å². The Balaban J connectivity index is 1.26. The van der Waals surface area contributed by atoms with Crippen molar-refractivity contribution in [1.82, 2.24) is 0 Å². The lowest BCUT2D eigenvalue weighted by Crippen LogP contribution is -2.61. The standard InChI is InChI=1S/C53H61BN2S/c1-50(2,3)32-19-24-35(25-20-32)55-43-17-14-18-44-47(43)54(42-31-41-38(30-45(42)55)37-15-12-13-16-40(37)53(41,10)11)49-48(39-29-34(52(7,8)9)23-28-46(39)57-49)56(44)36-26-21-33(22-27-36)51(4,5)6/h12-16,18-21,23-25,28-31,36-37,40,43H,17,22,26-27H2,1-11H3. The predicted octanol–water partition coefficient (Wildman–Crippen LogP) is 12.8. The fourth-order valence-electron chi connectivity index (χ4n) is 11.5. The largest absolute Gasteiger partial charge is 0.338 e. The third-order valence-corrected chi connectivity index (χ3v) is 16.0. The van der Waals surface area contributed by atoms with E-state index < -0.39 is 0 Å². The van der Waals surface area contributed by atoms with Crippen LogP contribution in [-0.4, -0.2) is 18.8 Å². The van der Waals surface area contributed by atoms with Crippen molar-refractivity contribution in [2.75, 3.05) is 9.80 Å². The predicted molar refractivity (Wildman–Crippen MR) is 249 cm³/mol. The Morgan fingerprint density at radius 2 is 1.49 bits per heavy atom. The lowest BCUT2D eigenvalue weighted by Gasteiger charge is -2.51. The highest BCUT2D eigenvalue weighted by Gasteiger charge is 2.52. The number of thiophene rings is 1. The molecule has 292 valence electrons. The first-order valence-corrected chi connectivity index (χ1v) is 22.6. The van der Waals surface area contributed by atoms with Crippen LogP contribution >= 0.6 is 11.3 Å². The van der Waals surface area contributed by atoms with Gasteiger partial charge in [0.05, 0.1) is 11.7 Å². The molecule has 4 aromatic rings. The molecule has 4 unspecified atom stereocenters. The Labute approximate surface area is 347 Å². The number of nitrogens with zero attached hydrogens (tertiary/aromatic N) is 2. The van der Waals surface area contributed by atoms with Crippen molar-refractivity contribution >= 4 is 55.4 Å². The molecule has 0 saturated carbocycles. The average Bonchev–Trinajstić information content (AvgIpc) is 3.65. The van der Waals surface area contributed by atoms with E-state index in [4.69, 9.17) is 0 Å². The topological polar surface area (TPSA) is 6.48 Å². The quantitative estimate of drug-likeness (QED) is 0.148. The summed E-state index contributed by atoms with van der Waals surface area (Å²) in [6, 6.07) is 23.1. The summed E-state index contributed by atoms with van der Waals surface area (Å²) in [6.07, 6.45) is 21.6. The molecule has 0 bridgehead atoms. The maximum Gasteiger partial charge on any atom is 0.259 e. The monoisotopic (exact) mass is 768 g/mol. The van der Waals surface area contributed by atoms with Crippen LogP contribution in [0.1, 0.15) is 130 Å². The molecule has 10 rings (SSSR count). The SMILES string of the molecule is CC(C)(C)C1=CCC(N2C3=C4B(c5cc6c(cc5N(c5ccc(C(C)(C)C)cc5)C4CC=C3)C3C=CC=CC3C6(C)C)c3sc4ccc(C(C)(C)C)cc4c32)CC1. The Morgan fingerprint density at radius 3 is 2.18 bits per heavy atom. The number of fused-ring (bicyclic) bond motifs is 9. The second-order valence-electron chi connectivity index (χ2n) is 21.7. The molecule has 2 aliphatic heterocycles. The van der Waals surface area contributed by atoms with Crippen LogP contribution < -0.4 is 20.0 Å². The fraction of sp³-hybridized carbons (Fsp3) is 0.434. The Morgan fingerprint density at radius 1 is 0.772 bits per heavy atom. The van der Waals surface area contributed by atoms with Crippen molar-refractivity contribution in [1.29, 1.82) is 0 Å². The molecule has 3 heterocycles. The molecule has 0 radical (unpaired) electrons. The van der Waals surface area contributed by atoms with Crippen LogP contribution in [0.3, 0.4) is 0 Å². The van der Waals surface area contributed by atoms with Crippen molar-refractivity contribution in [3.63, 3.8) is 0 Å². The highest BCUT2D eigenvalue weighted by Crippen LogP contribution is 2.56. The van der Waals surface area contributed by atoms with Gasteiger partial charge in [-0.25, -0.2) is 0 Å². The highest BCUT2D eigenvalue weighted by atomic mass is 32.1. The molecular weight excluding hydrogens is 707 g/mol. The normalized spacial score (nSPS) is 24.7. The van der Waals surface area contributed by atoms with Gasteiger partial charge in [0.15, 0.2) is 0 Å². The van der Waals surface area contributed by atoms with Gasteiger partial charge < -0.3 is 9.80 Å². The molecule has 3 aromatic carbocycles. The molecular formula is C53H61BN2S. The molecule has 0 fully saturated rings. The van der Waals surface area contributed by atoms with E-state index in [1.165, 1.54) is 67.0 Å². The van der Waals surface area contributed by atoms with Gasteiger partial charge in [0.1, 0.15) is 0 Å². The fourth-order valence-corrected chi connectivity index (χ4v) is 12.8. The zero-order chi connectivity index (χ0) is 40.0. The van der Waals surface area contributed by atoms with Crippen LogP contribution in [-0.2, 0) is 16.2 Å². The molecule has 0 saturated heterocycles. The maximum atomic E-state index is 2.87. The Hall–Kier alpha value is -4.02. The van der Waals surface area contributed by atoms with Gasteiger partial charge in [-0.05, 0) is 123 Å². The minimum absolute atomic E-state index is 0.0422. The van der Waals surface area contributed by atoms with E-state index in [1.807, 2.05) is 0 Å². The molecule has 6 aliphatic rings. The van der Waals surface area contributed by atoms with Crippen molar-refractivity contribution in [2.24, 2.45) is 11.3 Å². The van der Waals surface area contributed by atoms with Gasteiger partial charge in [0.2, 0.25) is 0 Å². The van der Waals surface area contributed by atoms with Gasteiger partial charge in [-0.1, -0.05) is 142 Å². The molecule has 4 heteroatoms. The summed E-state index contributed by atoms with van der Waals surface area (Å²) >= 11 is 2.08. The van der Waals surface area contributed by atoms with E-state index >= 15 is 0 Å². The third-order valence-electron chi connectivity index (χ3n) is 14.7. The summed E-state index contributed by atoms with van der Waals surface area (Å²) in [5.74, 6) is 0.874. The molecule has 4 atom stereocenters. The van der Waals surface area contributed by atoms with E-state index in [2.05, 4.69) is 194 Å². The summed E-state index contributed by atoms with van der Waals surface area (Å²) < 4.78 is 2.97. The zero-order valence-corrected chi connectivity index (χ0v) is 37.1. The Bertz CT molecular complexity index is 2480. The van der Waals surface area contributed by atoms with E-state index in [0.717, 1.165) is 19.3 Å². The Kier molecular flexibility index (Phi) is 8.17. The zero-order valence-electron chi connectivity index (χ0n) is 36.3. The first kappa shape index (κ1) is 37.3. The molecule has 1 aromatic heterocycles. The summed E-state index contributed by atoms with van der Waals surface area (Å²) in [7, 11) is 0. The van der Waals surface area contributed by atoms with Crippen LogP contribution in [0.2, 0.25) is 0 Å².